The Morgan fingerprint density at radius 1 is 1.10 bits per heavy atom. The van der Waals surface area contributed by atoms with Crippen LogP contribution in [0.1, 0.15) is 51.2 Å². The standard InChI is InChI=1S/C18H32N2/c1-5-6-9-14-20(4)15-18-11-8-7-10-17(18)12-13-19-16(2)3/h7-8,10-11,16,19H,5-6,9,12-15H2,1-4H3. The first kappa shape index (κ1) is 17.2. The third-order valence-corrected chi connectivity index (χ3v) is 3.65. The molecule has 0 radical (unpaired) electrons. The summed E-state index contributed by atoms with van der Waals surface area (Å²) in [5.41, 5.74) is 2.97. The van der Waals surface area contributed by atoms with Gasteiger partial charge < -0.3 is 10.2 Å². The van der Waals surface area contributed by atoms with Crippen molar-refractivity contribution in [2.45, 2.75) is 59.0 Å². The van der Waals surface area contributed by atoms with E-state index in [0.29, 0.717) is 6.04 Å². The fourth-order valence-electron chi connectivity index (χ4n) is 2.45. The molecule has 0 saturated heterocycles. The molecule has 0 aliphatic carbocycles. The van der Waals surface area contributed by atoms with Crippen molar-refractivity contribution in [1.82, 2.24) is 10.2 Å². The minimum atomic E-state index is 0.568. The van der Waals surface area contributed by atoms with E-state index in [9.17, 15) is 0 Å². The average Bonchev–Trinajstić information content (AvgIpc) is 2.40. The third-order valence-electron chi connectivity index (χ3n) is 3.65. The molecule has 0 saturated carbocycles. The number of nitrogens with zero attached hydrogens (tertiary/aromatic N) is 1. The van der Waals surface area contributed by atoms with Gasteiger partial charge in [-0.25, -0.2) is 0 Å². The van der Waals surface area contributed by atoms with Gasteiger partial charge in [0.05, 0.1) is 0 Å². The van der Waals surface area contributed by atoms with E-state index < -0.39 is 0 Å². The molecule has 1 rings (SSSR count). The Hall–Kier alpha value is -0.860. The van der Waals surface area contributed by atoms with Crippen molar-refractivity contribution in [3.05, 3.63) is 35.4 Å². The van der Waals surface area contributed by atoms with Crippen molar-refractivity contribution in [1.29, 1.82) is 0 Å². The predicted octanol–water partition coefficient (Wildman–Crippen LogP) is 3.85. The molecular formula is C18H32N2. The lowest BCUT2D eigenvalue weighted by atomic mass is 10.0. The highest BCUT2D eigenvalue weighted by molar-refractivity contribution is 5.27. The van der Waals surface area contributed by atoms with Crippen LogP contribution in [-0.4, -0.2) is 31.1 Å². The first-order valence-electron chi connectivity index (χ1n) is 8.12. The van der Waals surface area contributed by atoms with Crippen molar-refractivity contribution < 1.29 is 0 Å². The van der Waals surface area contributed by atoms with Crippen LogP contribution in [0.25, 0.3) is 0 Å². The number of unbranched alkanes of at least 4 members (excludes halogenated alkanes) is 2. The van der Waals surface area contributed by atoms with Crippen LogP contribution in [0.5, 0.6) is 0 Å². The average molecular weight is 276 g/mol. The van der Waals surface area contributed by atoms with E-state index >= 15 is 0 Å². The first-order valence-corrected chi connectivity index (χ1v) is 8.12. The summed E-state index contributed by atoms with van der Waals surface area (Å²) < 4.78 is 0. The lowest BCUT2D eigenvalue weighted by Gasteiger charge is -2.19. The maximum absolute atomic E-state index is 3.50. The summed E-state index contributed by atoms with van der Waals surface area (Å²) in [6.07, 6.45) is 5.07. The van der Waals surface area contributed by atoms with E-state index in [0.717, 1.165) is 19.5 Å². The monoisotopic (exact) mass is 276 g/mol. The van der Waals surface area contributed by atoms with Crippen LogP contribution in [0.3, 0.4) is 0 Å². The molecule has 0 aromatic heterocycles. The Balaban J connectivity index is 2.47. The second-order valence-electron chi connectivity index (χ2n) is 6.07. The van der Waals surface area contributed by atoms with Gasteiger partial charge in [0.1, 0.15) is 0 Å². The Morgan fingerprint density at radius 3 is 2.45 bits per heavy atom. The fraction of sp³-hybridized carbons (Fsp3) is 0.667. The molecule has 1 aromatic rings. The van der Waals surface area contributed by atoms with Gasteiger partial charge in [0, 0.05) is 12.6 Å². The molecule has 0 amide bonds. The molecule has 2 heteroatoms. The van der Waals surface area contributed by atoms with Crippen molar-refractivity contribution in [3.63, 3.8) is 0 Å². The van der Waals surface area contributed by atoms with E-state index in [1.54, 1.807) is 0 Å². The minimum Gasteiger partial charge on any atom is -0.314 e. The molecule has 1 N–H and O–H groups in total. The Morgan fingerprint density at radius 2 is 1.80 bits per heavy atom. The maximum Gasteiger partial charge on any atom is 0.0233 e. The normalized spacial score (nSPS) is 11.5. The summed E-state index contributed by atoms with van der Waals surface area (Å²) in [6, 6.07) is 9.44. The van der Waals surface area contributed by atoms with Gasteiger partial charge in [-0.1, -0.05) is 57.9 Å². The highest BCUT2D eigenvalue weighted by Gasteiger charge is 2.05. The number of nitrogens with one attached hydrogen (secondary N) is 1. The minimum absolute atomic E-state index is 0.568. The highest BCUT2D eigenvalue weighted by Crippen LogP contribution is 2.12. The summed E-state index contributed by atoms with van der Waals surface area (Å²) in [7, 11) is 2.23. The van der Waals surface area contributed by atoms with Crippen LogP contribution in [0, 0.1) is 0 Å². The van der Waals surface area contributed by atoms with Crippen LogP contribution in [0.2, 0.25) is 0 Å². The van der Waals surface area contributed by atoms with Gasteiger partial charge in [0.15, 0.2) is 0 Å². The molecule has 20 heavy (non-hydrogen) atoms. The second-order valence-corrected chi connectivity index (χ2v) is 6.07. The Bertz CT molecular complexity index is 360. The smallest absolute Gasteiger partial charge is 0.0233 e. The van der Waals surface area contributed by atoms with Gasteiger partial charge in [0.2, 0.25) is 0 Å². The van der Waals surface area contributed by atoms with E-state index in [4.69, 9.17) is 0 Å². The summed E-state index contributed by atoms with van der Waals surface area (Å²) in [6.45, 7) is 10.0. The molecule has 0 unspecified atom stereocenters. The van der Waals surface area contributed by atoms with E-state index in [-0.39, 0.29) is 0 Å². The second kappa shape index (κ2) is 9.95. The zero-order valence-corrected chi connectivity index (χ0v) is 13.8. The predicted molar refractivity (Wildman–Crippen MR) is 89.1 cm³/mol. The SMILES string of the molecule is CCCCCN(C)Cc1ccccc1CCNC(C)C. The number of rotatable bonds is 10. The lowest BCUT2D eigenvalue weighted by Crippen LogP contribution is -2.26. The molecule has 1 aromatic carbocycles. The van der Waals surface area contributed by atoms with Crippen LogP contribution in [-0.2, 0) is 13.0 Å². The van der Waals surface area contributed by atoms with Crippen molar-refractivity contribution in [2.24, 2.45) is 0 Å². The summed E-state index contributed by atoms with van der Waals surface area (Å²) >= 11 is 0. The van der Waals surface area contributed by atoms with E-state index in [2.05, 4.69) is 62.3 Å². The summed E-state index contributed by atoms with van der Waals surface area (Å²) in [4.78, 5) is 2.45. The zero-order chi connectivity index (χ0) is 14.8. The molecule has 0 aliphatic heterocycles. The maximum atomic E-state index is 3.50. The quantitative estimate of drug-likeness (QED) is 0.653. The molecule has 0 heterocycles. The molecule has 0 aliphatic rings. The highest BCUT2D eigenvalue weighted by atomic mass is 15.1. The van der Waals surface area contributed by atoms with Crippen LogP contribution in [0.4, 0.5) is 0 Å². The zero-order valence-electron chi connectivity index (χ0n) is 13.8. The largest absolute Gasteiger partial charge is 0.314 e. The number of hydrogen-bond donors (Lipinski definition) is 1. The lowest BCUT2D eigenvalue weighted by molar-refractivity contribution is 0.317. The van der Waals surface area contributed by atoms with Gasteiger partial charge >= 0.3 is 0 Å². The molecule has 0 bridgehead atoms. The molecule has 114 valence electrons. The van der Waals surface area contributed by atoms with Gasteiger partial charge in [-0.3, -0.25) is 0 Å². The topological polar surface area (TPSA) is 15.3 Å². The molecule has 0 atom stereocenters. The van der Waals surface area contributed by atoms with Crippen molar-refractivity contribution in [3.8, 4) is 0 Å². The molecule has 0 fully saturated rings. The van der Waals surface area contributed by atoms with Crippen LogP contribution >= 0.6 is 0 Å². The first-order chi connectivity index (χ1) is 9.63. The Kier molecular flexibility index (Phi) is 8.56. The van der Waals surface area contributed by atoms with Crippen LogP contribution < -0.4 is 5.32 Å². The van der Waals surface area contributed by atoms with Crippen LogP contribution in [0.15, 0.2) is 24.3 Å². The molecule has 0 spiro atoms. The van der Waals surface area contributed by atoms with E-state index in [1.165, 1.54) is 36.9 Å². The third kappa shape index (κ3) is 7.06. The number of benzene rings is 1. The molecule has 2 nitrogen and oxygen atoms in total. The summed E-state index contributed by atoms with van der Waals surface area (Å²) in [5.74, 6) is 0. The van der Waals surface area contributed by atoms with Crippen molar-refractivity contribution in [2.75, 3.05) is 20.1 Å². The Labute approximate surface area is 125 Å². The fourth-order valence-corrected chi connectivity index (χ4v) is 2.45. The van der Waals surface area contributed by atoms with Gasteiger partial charge in [-0.2, -0.15) is 0 Å². The van der Waals surface area contributed by atoms with Gasteiger partial charge in [-0.15, -0.1) is 0 Å². The molecular weight excluding hydrogens is 244 g/mol. The number of hydrogen-bond acceptors (Lipinski definition) is 2. The van der Waals surface area contributed by atoms with Gasteiger partial charge in [-0.05, 0) is 44.1 Å². The summed E-state index contributed by atoms with van der Waals surface area (Å²) in [5, 5.41) is 3.50. The van der Waals surface area contributed by atoms with E-state index in [1.807, 2.05) is 0 Å². The van der Waals surface area contributed by atoms with Gasteiger partial charge in [0.25, 0.3) is 0 Å². The van der Waals surface area contributed by atoms with Crippen molar-refractivity contribution >= 4 is 0 Å².